The molecule has 0 fully saturated rings. The van der Waals surface area contributed by atoms with Crippen LogP contribution in [0.4, 0.5) is 0 Å². The summed E-state index contributed by atoms with van der Waals surface area (Å²) in [5.74, 6) is 1.31. The van der Waals surface area contributed by atoms with Gasteiger partial charge in [0.2, 0.25) is 0 Å². The second-order valence-corrected chi connectivity index (χ2v) is 9.60. The Kier molecular flexibility index (Phi) is 4.44. The van der Waals surface area contributed by atoms with Crippen molar-refractivity contribution in [3.8, 4) is 22.6 Å². The summed E-state index contributed by atoms with van der Waals surface area (Å²) in [4.78, 5) is 0. The lowest BCUT2D eigenvalue weighted by Crippen LogP contribution is -2.26. The zero-order valence-corrected chi connectivity index (χ0v) is 20.1. The van der Waals surface area contributed by atoms with Gasteiger partial charge in [-0.2, -0.15) is 0 Å². The number of para-hydroxylation sites is 3. The van der Waals surface area contributed by atoms with Crippen LogP contribution in [-0.4, -0.2) is 5.11 Å². The first kappa shape index (κ1) is 20.5. The van der Waals surface area contributed by atoms with Gasteiger partial charge in [0.1, 0.15) is 28.3 Å². The molecule has 1 atom stereocenters. The quantitative estimate of drug-likeness (QED) is 0.255. The van der Waals surface area contributed by atoms with Gasteiger partial charge in [0.15, 0.2) is 0 Å². The number of rotatable bonds is 3. The maximum Gasteiger partial charge on any atom is 0.145 e. The first-order valence-corrected chi connectivity index (χ1v) is 12.2. The van der Waals surface area contributed by atoms with Crippen LogP contribution in [0.3, 0.4) is 0 Å². The molecule has 0 bridgehead atoms. The van der Waals surface area contributed by atoms with Crippen molar-refractivity contribution in [3.05, 3.63) is 130 Å². The molecule has 1 aliphatic carbocycles. The van der Waals surface area contributed by atoms with Crippen molar-refractivity contribution in [2.75, 3.05) is 0 Å². The molecule has 1 N–H and O–H groups in total. The van der Waals surface area contributed by atoms with Crippen LogP contribution in [-0.2, 0) is 5.60 Å². The van der Waals surface area contributed by atoms with E-state index >= 15 is 0 Å². The van der Waals surface area contributed by atoms with Crippen molar-refractivity contribution in [2.45, 2.75) is 5.60 Å². The van der Waals surface area contributed by atoms with Crippen molar-refractivity contribution in [1.82, 2.24) is 0 Å². The van der Waals surface area contributed by atoms with Gasteiger partial charge in [-0.1, -0.05) is 78.9 Å². The minimum atomic E-state index is -1.42. The van der Waals surface area contributed by atoms with E-state index in [0.717, 1.165) is 48.7 Å². The molecule has 0 saturated carbocycles. The summed E-state index contributed by atoms with van der Waals surface area (Å²) < 4.78 is 13.6. The highest BCUT2D eigenvalue weighted by molar-refractivity contribution is 9.10. The zero-order chi connectivity index (χ0) is 23.6. The van der Waals surface area contributed by atoms with Crippen LogP contribution in [0.1, 0.15) is 16.7 Å². The molecule has 5 aromatic carbocycles. The highest BCUT2D eigenvalue weighted by Gasteiger charge is 2.46. The molecule has 0 spiro atoms. The van der Waals surface area contributed by atoms with Gasteiger partial charge in [-0.05, 0) is 51.8 Å². The third-order valence-electron chi connectivity index (χ3n) is 6.83. The minimum Gasteiger partial charge on any atom is -0.457 e. The fraction of sp³-hybridized carbons (Fsp3) is 0.0323. The predicted octanol–water partition coefficient (Wildman–Crippen LogP) is 8.41. The van der Waals surface area contributed by atoms with Crippen LogP contribution in [0.2, 0.25) is 0 Å². The monoisotopic (exact) mass is 518 g/mol. The standard InChI is InChI=1S/C31H19BrO3/c32-25-18-24-28(30-29(25)21-13-5-8-16-26(21)35-30)20-12-4-6-14-22(20)31(24,33)23-15-7-9-17-27(23)34-19-10-2-1-3-11-19/h1-18,33H. The summed E-state index contributed by atoms with van der Waals surface area (Å²) in [6.45, 7) is 0. The Morgan fingerprint density at radius 1 is 0.714 bits per heavy atom. The molecule has 1 heterocycles. The van der Waals surface area contributed by atoms with Gasteiger partial charge in [0.25, 0.3) is 0 Å². The fourth-order valence-electron chi connectivity index (χ4n) is 5.33. The minimum absolute atomic E-state index is 0.602. The Labute approximate surface area is 210 Å². The highest BCUT2D eigenvalue weighted by Crippen LogP contribution is 2.57. The summed E-state index contributed by atoms with van der Waals surface area (Å²) in [5.41, 5.74) is 4.27. The van der Waals surface area contributed by atoms with Crippen LogP contribution in [0.5, 0.6) is 11.5 Å². The van der Waals surface area contributed by atoms with E-state index in [2.05, 4.69) is 22.0 Å². The number of benzene rings is 5. The third-order valence-corrected chi connectivity index (χ3v) is 7.45. The number of furan rings is 1. The number of ether oxygens (including phenoxy) is 1. The largest absolute Gasteiger partial charge is 0.457 e. The van der Waals surface area contributed by atoms with Crippen LogP contribution < -0.4 is 4.74 Å². The van der Waals surface area contributed by atoms with E-state index in [-0.39, 0.29) is 0 Å². The van der Waals surface area contributed by atoms with Crippen molar-refractivity contribution in [3.63, 3.8) is 0 Å². The van der Waals surface area contributed by atoms with Crippen molar-refractivity contribution >= 4 is 37.9 Å². The van der Waals surface area contributed by atoms with E-state index in [1.54, 1.807) is 0 Å². The van der Waals surface area contributed by atoms with Gasteiger partial charge in [-0.15, -0.1) is 0 Å². The number of aliphatic hydroxyl groups is 1. The normalized spacial score (nSPS) is 16.4. The molecule has 0 saturated heterocycles. The molecule has 168 valence electrons. The Hall–Kier alpha value is -3.86. The first-order valence-electron chi connectivity index (χ1n) is 11.4. The van der Waals surface area contributed by atoms with Crippen molar-refractivity contribution in [1.29, 1.82) is 0 Å². The average Bonchev–Trinajstić information content (AvgIpc) is 3.40. The van der Waals surface area contributed by atoms with Gasteiger partial charge in [-0.3, -0.25) is 0 Å². The molecule has 0 radical (unpaired) electrons. The molecule has 1 unspecified atom stereocenters. The molecule has 0 aliphatic heterocycles. The average molecular weight is 519 g/mol. The third kappa shape index (κ3) is 2.87. The molecule has 4 heteroatoms. The van der Waals surface area contributed by atoms with Gasteiger partial charge in [-0.25, -0.2) is 0 Å². The molecule has 6 aromatic rings. The highest BCUT2D eigenvalue weighted by atomic mass is 79.9. The fourth-order valence-corrected chi connectivity index (χ4v) is 5.95. The Morgan fingerprint density at radius 3 is 2.26 bits per heavy atom. The summed E-state index contributed by atoms with van der Waals surface area (Å²) in [5, 5.41) is 14.7. The molecule has 1 aliphatic rings. The first-order chi connectivity index (χ1) is 17.2. The van der Waals surface area contributed by atoms with E-state index in [1.165, 1.54) is 0 Å². The van der Waals surface area contributed by atoms with E-state index in [0.29, 0.717) is 17.1 Å². The van der Waals surface area contributed by atoms with E-state index in [4.69, 9.17) is 9.15 Å². The molecule has 3 nitrogen and oxygen atoms in total. The Bertz CT molecular complexity index is 1750. The lowest BCUT2D eigenvalue weighted by molar-refractivity contribution is 0.128. The van der Waals surface area contributed by atoms with E-state index in [9.17, 15) is 5.11 Å². The summed E-state index contributed by atoms with van der Waals surface area (Å²) >= 11 is 3.79. The summed E-state index contributed by atoms with van der Waals surface area (Å²) in [7, 11) is 0. The van der Waals surface area contributed by atoms with Gasteiger partial charge in [0, 0.05) is 37.5 Å². The lowest BCUT2D eigenvalue weighted by atomic mass is 9.83. The van der Waals surface area contributed by atoms with Crippen LogP contribution in [0.15, 0.2) is 118 Å². The molecular weight excluding hydrogens is 500 g/mol. The van der Waals surface area contributed by atoms with Gasteiger partial charge < -0.3 is 14.3 Å². The second-order valence-electron chi connectivity index (χ2n) is 8.75. The van der Waals surface area contributed by atoms with Crippen LogP contribution >= 0.6 is 15.9 Å². The van der Waals surface area contributed by atoms with Crippen LogP contribution in [0, 0.1) is 0 Å². The van der Waals surface area contributed by atoms with Crippen molar-refractivity contribution in [2.24, 2.45) is 0 Å². The molecule has 35 heavy (non-hydrogen) atoms. The lowest BCUT2D eigenvalue weighted by Gasteiger charge is -2.28. The second kappa shape index (κ2) is 7.57. The number of hydrogen-bond acceptors (Lipinski definition) is 3. The maximum atomic E-state index is 12.6. The molecular formula is C31H19BrO3. The smallest absolute Gasteiger partial charge is 0.145 e. The van der Waals surface area contributed by atoms with Gasteiger partial charge in [0.05, 0.1) is 0 Å². The topological polar surface area (TPSA) is 42.6 Å². The molecule has 7 rings (SSSR count). The Balaban J connectivity index is 1.55. The molecule has 0 amide bonds. The molecule has 1 aromatic heterocycles. The summed E-state index contributed by atoms with van der Waals surface area (Å²) in [6.07, 6.45) is 0. The summed E-state index contributed by atoms with van der Waals surface area (Å²) in [6, 6.07) is 35.4. The predicted molar refractivity (Wildman–Crippen MR) is 142 cm³/mol. The van der Waals surface area contributed by atoms with E-state index < -0.39 is 5.60 Å². The van der Waals surface area contributed by atoms with Gasteiger partial charge >= 0.3 is 0 Å². The maximum absolute atomic E-state index is 12.6. The van der Waals surface area contributed by atoms with Crippen molar-refractivity contribution < 1.29 is 14.3 Å². The van der Waals surface area contributed by atoms with Crippen LogP contribution in [0.25, 0.3) is 33.1 Å². The number of fused-ring (bicyclic) bond motifs is 7. The van der Waals surface area contributed by atoms with E-state index in [1.807, 2.05) is 103 Å². The number of halogens is 1. The SMILES string of the molecule is OC1(c2ccccc2Oc2ccccc2)c2ccccc2-c2c1cc(Br)c1c2oc2ccccc21. The Morgan fingerprint density at radius 2 is 1.40 bits per heavy atom. The number of hydrogen-bond donors (Lipinski definition) is 1. The zero-order valence-electron chi connectivity index (χ0n) is 18.5.